The number of carboxylic acid groups (broad SMARTS) is 1. The van der Waals surface area contributed by atoms with Gasteiger partial charge in [0.15, 0.2) is 0 Å². The summed E-state index contributed by atoms with van der Waals surface area (Å²) < 4.78 is 0. The smallest absolute Gasteiger partial charge is 0.308 e. The maximum absolute atomic E-state index is 10.4. The summed E-state index contributed by atoms with van der Waals surface area (Å²) in [5, 5.41) is 11.6. The number of carboxylic acids is 1. The number of halogens is 1. The van der Waals surface area contributed by atoms with Gasteiger partial charge in [0.25, 0.3) is 0 Å². The van der Waals surface area contributed by atoms with E-state index in [1.165, 1.54) is 0 Å². The van der Waals surface area contributed by atoms with Crippen molar-refractivity contribution in [1.82, 2.24) is 5.32 Å². The Morgan fingerprint density at radius 3 is 2.50 bits per heavy atom. The van der Waals surface area contributed by atoms with Crippen LogP contribution in [-0.4, -0.2) is 23.7 Å². The first kappa shape index (κ1) is 9.72. The molecule has 2 N–H and O–H groups in total. The van der Waals surface area contributed by atoms with Crippen LogP contribution in [0.15, 0.2) is 0 Å². The van der Waals surface area contributed by atoms with Gasteiger partial charge in [0.05, 0.1) is 5.92 Å². The normalized spacial score (nSPS) is 31.3. The van der Waals surface area contributed by atoms with E-state index in [1.54, 1.807) is 0 Å². The summed E-state index contributed by atoms with van der Waals surface area (Å²) in [5.74, 6) is -0.836. The lowest BCUT2D eigenvalue weighted by molar-refractivity contribution is -0.141. The average molecular weight is 166 g/mol. The number of rotatable bonds is 1. The molecule has 2 atom stereocenters. The van der Waals surface area contributed by atoms with E-state index in [9.17, 15) is 4.79 Å². The van der Waals surface area contributed by atoms with Crippen LogP contribution < -0.4 is 5.32 Å². The number of hydrogen-bond donors (Lipinski definition) is 2. The van der Waals surface area contributed by atoms with Gasteiger partial charge >= 0.3 is 5.97 Å². The molecule has 1 heterocycles. The lowest BCUT2D eigenvalue weighted by Crippen LogP contribution is -2.27. The van der Waals surface area contributed by atoms with E-state index < -0.39 is 5.97 Å². The summed E-state index contributed by atoms with van der Waals surface area (Å²) >= 11 is 0. The van der Waals surface area contributed by atoms with E-state index in [-0.39, 0.29) is 24.4 Å². The van der Waals surface area contributed by atoms with Crippen LogP contribution in [0.3, 0.4) is 0 Å². The van der Waals surface area contributed by atoms with Crippen LogP contribution in [0.25, 0.3) is 0 Å². The highest BCUT2D eigenvalue weighted by atomic mass is 35.5. The van der Waals surface area contributed by atoms with Gasteiger partial charge in [0.1, 0.15) is 0 Å². The van der Waals surface area contributed by atoms with Crippen molar-refractivity contribution < 1.29 is 9.90 Å². The first-order valence-electron chi connectivity index (χ1n) is 3.18. The summed E-state index contributed by atoms with van der Waals surface area (Å²) in [6, 6.07) is 0.155. The monoisotopic (exact) mass is 165 g/mol. The Kier molecular flexibility index (Phi) is 3.68. The molecule has 1 aliphatic heterocycles. The molecule has 1 aliphatic rings. The van der Waals surface area contributed by atoms with Gasteiger partial charge < -0.3 is 10.4 Å². The average Bonchev–Trinajstić information content (AvgIpc) is 2.13. The molecule has 1 fully saturated rings. The van der Waals surface area contributed by atoms with Gasteiger partial charge in [0.2, 0.25) is 0 Å². The molecule has 0 amide bonds. The van der Waals surface area contributed by atoms with Gasteiger partial charge in [-0.15, -0.1) is 12.4 Å². The van der Waals surface area contributed by atoms with Crippen molar-refractivity contribution in [3.8, 4) is 0 Å². The zero-order valence-electron chi connectivity index (χ0n) is 5.83. The van der Waals surface area contributed by atoms with Crippen LogP contribution in [0, 0.1) is 5.92 Å². The topological polar surface area (TPSA) is 49.3 Å². The molecule has 0 bridgehead atoms. The maximum Gasteiger partial charge on any atom is 0.308 e. The fourth-order valence-corrected chi connectivity index (χ4v) is 1.20. The molecule has 0 unspecified atom stereocenters. The van der Waals surface area contributed by atoms with Crippen molar-refractivity contribution in [1.29, 1.82) is 0 Å². The maximum atomic E-state index is 10.4. The van der Waals surface area contributed by atoms with E-state index in [0.29, 0.717) is 0 Å². The third-order valence-corrected chi connectivity index (χ3v) is 1.84. The van der Waals surface area contributed by atoms with Crippen LogP contribution in [0.1, 0.15) is 13.3 Å². The second-order valence-electron chi connectivity index (χ2n) is 2.48. The zero-order valence-corrected chi connectivity index (χ0v) is 6.65. The first-order valence-corrected chi connectivity index (χ1v) is 3.18. The van der Waals surface area contributed by atoms with E-state index in [2.05, 4.69) is 5.32 Å². The summed E-state index contributed by atoms with van der Waals surface area (Å²) in [6.45, 7) is 2.75. The van der Waals surface area contributed by atoms with Crippen LogP contribution in [0.5, 0.6) is 0 Å². The molecule has 0 aromatic heterocycles. The van der Waals surface area contributed by atoms with Crippen molar-refractivity contribution in [3.63, 3.8) is 0 Å². The second-order valence-corrected chi connectivity index (χ2v) is 2.48. The van der Waals surface area contributed by atoms with Crippen molar-refractivity contribution >= 4 is 18.4 Å². The third kappa shape index (κ3) is 1.85. The highest BCUT2D eigenvalue weighted by Crippen LogP contribution is 2.14. The Morgan fingerprint density at radius 1 is 1.70 bits per heavy atom. The van der Waals surface area contributed by atoms with Crippen LogP contribution in [-0.2, 0) is 4.79 Å². The number of carbonyl (C=O) groups is 1. The highest BCUT2D eigenvalue weighted by Gasteiger charge is 2.28. The van der Waals surface area contributed by atoms with Crippen molar-refractivity contribution in [2.75, 3.05) is 6.54 Å². The second kappa shape index (κ2) is 3.78. The molecule has 0 aromatic carbocycles. The minimum atomic E-state index is -0.674. The first-order chi connectivity index (χ1) is 4.22. The molecule has 1 saturated heterocycles. The van der Waals surface area contributed by atoms with E-state index in [4.69, 9.17) is 5.11 Å². The Labute approximate surface area is 66.2 Å². The molecular formula is C6H12ClNO2. The lowest BCUT2D eigenvalue weighted by Gasteiger charge is -2.07. The zero-order chi connectivity index (χ0) is 6.85. The highest BCUT2D eigenvalue weighted by molar-refractivity contribution is 5.85. The molecule has 1 rings (SSSR count). The largest absolute Gasteiger partial charge is 0.481 e. The Bertz CT molecular complexity index is 129. The Balaban J connectivity index is 0.000000810. The molecule has 0 aliphatic carbocycles. The summed E-state index contributed by atoms with van der Waals surface area (Å²) in [7, 11) is 0. The van der Waals surface area contributed by atoms with Crippen molar-refractivity contribution in [3.05, 3.63) is 0 Å². The SMILES string of the molecule is C[C@H]1NCC[C@@H]1C(=O)O.Cl. The van der Waals surface area contributed by atoms with Gasteiger partial charge in [-0.3, -0.25) is 4.79 Å². The van der Waals surface area contributed by atoms with Gasteiger partial charge in [-0.2, -0.15) is 0 Å². The molecule has 4 heteroatoms. The summed E-state index contributed by atoms with van der Waals surface area (Å²) in [4.78, 5) is 10.4. The van der Waals surface area contributed by atoms with Gasteiger partial charge in [-0.1, -0.05) is 0 Å². The Morgan fingerprint density at radius 2 is 2.30 bits per heavy atom. The summed E-state index contributed by atoms with van der Waals surface area (Å²) in [5.41, 5.74) is 0. The quantitative estimate of drug-likeness (QED) is 0.595. The molecule has 0 saturated carbocycles. The van der Waals surface area contributed by atoms with Crippen molar-refractivity contribution in [2.24, 2.45) is 5.92 Å². The predicted octanol–water partition coefficient (Wildman–Crippen LogP) is 0.491. The van der Waals surface area contributed by atoms with E-state index >= 15 is 0 Å². The fourth-order valence-electron chi connectivity index (χ4n) is 1.20. The Hall–Kier alpha value is -0.280. The molecular weight excluding hydrogens is 154 g/mol. The molecule has 3 nitrogen and oxygen atoms in total. The summed E-state index contributed by atoms with van der Waals surface area (Å²) in [6.07, 6.45) is 0.774. The van der Waals surface area contributed by atoms with Gasteiger partial charge in [-0.05, 0) is 19.9 Å². The molecule has 60 valence electrons. The number of nitrogens with one attached hydrogen (secondary N) is 1. The molecule has 0 aromatic rings. The van der Waals surface area contributed by atoms with Crippen LogP contribution in [0.4, 0.5) is 0 Å². The van der Waals surface area contributed by atoms with E-state index in [1.807, 2.05) is 6.92 Å². The van der Waals surface area contributed by atoms with Crippen LogP contribution in [0.2, 0.25) is 0 Å². The fraction of sp³-hybridized carbons (Fsp3) is 0.833. The minimum Gasteiger partial charge on any atom is -0.481 e. The van der Waals surface area contributed by atoms with E-state index in [0.717, 1.165) is 13.0 Å². The van der Waals surface area contributed by atoms with Gasteiger partial charge in [-0.25, -0.2) is 0 Å². The minimum absolute atomic E-state index is 0. The number of aliphatic carboxylic acids is 1. The number of hydrogen-bond acceptors (Lipinski definition) is 2. The molecule has 0 radical (unpaired) electrons. The third-order valence-electron chi connectivity index (χ3n) is 1.84. The molecule has 0 spiro atoms. The standard InChI is InChI=1S/C6H11NO2.ClH/c1-4-5(6(8)9)2-3-7-4;/h4-5,7H,2-3H2,1H3,(H,8,9);1H/t4-,5+;/m1./s1. The van der Waals surface area contributed by atoms with Crippen LogP contribution >= 0.6 is 12.4 Å². The molecule has 10 heavy (non-hydrogen) atoms. The van der Waals surface area contributed by atoms with Gasteiger partial charge in [0, 0.05) is 6.04 Å². The predicted molar refractivity (Wildman–Crippen MR) is 40.5 cm³/mol. The lowest BCUT2D eigenvalue weighted by atomic mass is 10.0. The van der Waals surface area contributed by atoms with Crippen molar-refractivity contribution in [2.45, 2.75) is 19.4 Å².